The molecule has 2 aromatic rings. The predicted molar refractivity (Wildman–Crippen MR) is 63.2 cm³/mol. The van der Waals surface area contributed by atoms with Crippen molar-refractivity contribution in [1.82, 2.24) is 15.2 Å². The Morgan fingerprint density at radius 3 is 2.88 bits per heavy atom. The number of hydrogen-bond acceptors (Lipinski definition) is 3. The van der Waals surface area contributed by atoms with Gasteiger partial charge in [0.15, 0.2) is 5.69 Å². The molecule has 0 saturated carbocycles. The fourth-order valence-electron chi connectivity index (χ4n) is 1.16. The van der Waals surface area contributed by atoms with Gasteiger partial charge in [-0.2, -0.15) is 5.10 Å². The number of amides is 1. The van der Waals surface area contributed by atoms with Crippen molar-refractivity contribution in [3.63, 3.8) is 0 Å². The first kappa shape index (κ1) is 10.8. The van der Waals surface area contributed by atoms with E-state index in [4.69, 9.17) is 0 Å². The number of halogens is 1. The molecule has 5 nitrogen and oxygen atoms in total. The predicted octanol–water partition coefficient (Wildman–Crippen LogP) is 2.13. The molecule has 82 valence electrons. The third-order valence-corrected chi connectivity index (χ3v) is 2.38. The minimum absolute atomic E-state index is 0.279. The highest BCUT2D eigenvalue weighted by Gasteiger charge is 2.09. The first-order chi connectivity index (χ1) is 7.65. The van der Waals surface area contributed by atoms with Crippen LogP contribution in [0.5, 0.6) is 0 Å². The lowest BCUT2D eigenvalue weighted by Gasteiger charge is -2.01. The molecule has 2 rings (SSSR count). The van der Waals surface area contributed by atoms with Gasteiger partial charge in [-0.15, -0.1) is 0 Å². The summed E-state index contributed by atoms with van der Waals surface area (Å²) in [5.74, 6) is 0.216. The normalized spacial score (nSPS) is 10.1. The average Bonchev–Trinajstić information content (AvgIpc) is 2.68. The third kappa shape index (κ3) is 2.46. The van der Waals surface area contributed by atoms with E-state index in [1.54, 1.807) is 24.4 Å². The van der Waals surface area contributed by atoms with Gasteiger partial charge in [-0.25, -0.2) is 4.98 Å². The molecule has 0 fully saturated rings. The van der Waals surface area contributed by atoms with Crippen LogP contribution in [0, 0.1) is 6.92 Å². The van der Waals surface area contributed by atoms with E-state index >= 15 is 0 Å². The van der Waals surface area contributed by atoms with Crippen LogP contribution in [0.1, 0.15) is 16.2 Å². The number of carbonyl (C=O) groups is 1. The van der Waals surface area contributed by atoms with E-state index in [2.05, 4.69) is 36.4 Å². The number of nitrogens with zero attached hydrogens (tertiary/aromatic N) is 2. The number of aromatic nitrogens is 3. The summed E-state index contributed by atoms with van der Waals surface area (Å²) in [6.45, 7) is 1.83. The fourth-order valence-corrected chi connectivity index (χ4v) is 1.40. The molecule has 2 aromatic heterocycles. The van der Waals surface area contributed by atoms with Gasteiger partial charge in [0.25, 0.3) is 5.91 Å². The van der Waals surface area contributed by atoms with Crippen molar-refractivity contribution >= 4 is 27.7 Å². The quantitative estimate of drug-likeness (QED) is 0.885. The van der Waals surface area contributed by atoms with E-state index in [0.29, 0.717) is 11.5 Å². The zero-order valence-electron chi connectivity index (χ0n) is 8.49. The molecule has 6 heteroatoms. The van der Waals surface area contributed by atoms with E-state index in [-0.39, 0.29) is 5.91 Å². The van der Waals surface area contributed by atoms with Crippen LogP contribution >= 0.6 is 15.9 Å². The number of aromatic amines is 1. The monoisotopic (exact) mass is 280 g/mol. The Hall–Kier alpha value is -1.69. The van der Waals surface area contributed by atoms with Crippen LogP contribution in [-0.2, 0) is 0 Å². The van der Waals surface area contributed by atoms with Gasteiger partial charge >= 0.3 is 0 Å². The van der Waals surface area contributed by atoms with Crippen LogP contribution in [0.2, 0.25) is 0 Å². The van der Waals surface area contributed by atoms with Crippen molar-refractivity contribution < 1.29 is 4.79 Å². The van der Waals surface area contributed by atoms with Crippen LogP contribution in [0.25, 0.3) is 0 Å². The molecular formula is C10H9BrN4O. The molecule has 1 amide bonds. The van der Waals surface area contributed by atoms with Crippen LogP contribution in [0.3, 0.4) is 0 Å². The Labute approximate surface area is 100 Å². The zero-order valence-corrected chi connectivity index (χ0v) is 10.1. The van der Waals surface area contributed by atoms with Crippen molar-refractivity contribution in [3.05, 3.63) is 40.3 Å². The van der Waals surface area contributed by atoms with E-state index in [9.17, 15) is 4.79 Å². The first-order valence-electron chi connectivity index (χ1n) is 4.60. The van der Waals surface area contributed by atoms with E-state index in [0.717, 1.165) is 10.2 Å². The summed E-state index contributed by atoms with van der Waals surface area (Å²) in [5.41, 5.74) is 1.19. The minimum atomic E-state index is -0.279. The van der Waals surface area contributed by atoms with Gasteiger partial charge in [0.1, 0.15) is 5.82 Å². The number of nitrogens with one attached hydrogen (secondary N) is 2. The Bertz CT molecular complexity index is 506. The number of carbonyl (C=O) groups excluding carboxylic acids is 1. The summed E-state index contributed by atoms with van der Waals surface area (Å²) in [6.07, 6.45) is 1.62. The molecule has 0 aliphatic rings. The van der Waals surface area contributed by atoms with Crippen molar-refractivity contribution in [1.29, 1.82) is 0 Å². The fraction of sp³-hybridized carbons (Fsp3) is 0.100. The molecule has 0 bridgehead atoms. The van der Waals surface area contributed by atoms with Crippen molar-refractivity contribution in [2.75, 3.05) is 5.32 Å². The molecule has 0 unspecified atom stereocenters. The second-order valence-corrected chi connectivity index (χ2v) is 4.17. The molecular weight excluding hydrogens is 272 g/mol. The standard InChI is InChI=1S/C10H9BrN4O/c1-6-4-8(15-14-6)10(16)13-9-3-2-7(11)5-12-9/h2-5H,1H3,(H,14,15)(H,12,13,16). The van der Waals surface area contributed by atoms with Crippen molar-refractivity contribution in [2.24, 2.45) is 0 Å². The summed E-state index contributed by atoms with van der Waals surface area (Å²) in [7, 11) is 0. The van der Waals surface area contributed by atoms with Gasteiger partial charge in [-0.05, 0) is 41.1 Å². The van der Waals surface area contributed by atoms with Gasteiger partial charge in [0.2, 0.25) is 0 Å². The summed E-state index contributed by atoms with van der Waals surface area (Å²) < 4.78 is 0.862. The second-order valence-electron chi connectivity index (χ2n) is 3.25. The lowest BCUT2D eigenvalue weighted by molar-refractivity contribution is 0.102. The molecule has 0 aromatic carbocycles. The van der Waals surface area contributed by atoms with Gasteiger partial charge in [-0.1, -0.05) is 0 Å². The molecule has 0 atom stereocenters. The van der Waals surface area contributed by atoms with E-state index < -0.39 is 0 Å². The molecule has 2 heterocycles. The van der Waals surface area contributed by atoms with Crippen LogP contribution in [0.15, 0.2) is 28.9 Å². The first-order valence-corrected chi connectivity index (χ1v) is 5.39. The summed E-state index contributed by atoms with van der Waals surface area (Å²) >= 11 is 3.27. The lowest BCUT2D eigenvalue weighted by Crippen LogP contribution is -2.13. The molecule has 0 radical (unpaired) electrons. The maximum atomic E-state index is 11.7. The van der Waals surface area contributed by atoms with Gasteiger partial charge < -0.3 is 5.32 Å². The molecule has 2 N–H and O–H groups in total. The summed E-state index contributed by atoms with van der Waals surface area (Å²) in [4.78, 5) is 15.7. The number of aryl methyl sites for hydroxylation is 1. The Morgan fingerprint density at radius 1 is 1.50 bits per heavy atom. The van der Waals surface area contributed by atoms with Crippen LogP contribution in [0.4, 0.5) is 5.82 Å². The Balaban J connectivity index is 2.10. The maximum Gasteiger partial charge on any atom is 0.277 e. The molecule has 0 saturated heterocycles. The molecule has 0 spiro atoms. The van der Waals surface area contributed by atoms with Gasteiger partial charge in [0.05, 0.1) is 0 Å². The Morgan fingerprint density at radius 2 is 2.31 bits per heavy atom. The third-order valence-electron chi connectivity index (χ3n) is 1.91. The zero-order chi connectivity index (χ0) is 11.5. The highest BCUT2D eigenvalue weighted by molar-refractivity contribution is 9.10. The van der Waals surface area contributed by atoms with Crippen LogP contribution in [-0.4, -0.2) is 21.1 Å². The van der Waals surface area contributed by atoms with E-state index in [1.807, 2.05) is 6.92 Å². The Kier molecular flexibility index (Phi) is 3.00. The highest BCUT2D eigenvalue weighted by Crippen LogP contribution is 2.11. The summed E-state index contributed by atoms with van der Waals surface area (Å²) in [6, 6.07) is 5.19. The minimum Gasteiger partial charge on any atom is -0.305 e. The van der Waals surface area contributed by atoms with Crippen molar-refractivity contribution in [2.45, 2.75) is 6.92 Å². The molecule has 0 aliphatic carbocycles. The summed E-state index contributed by atoms with van der Waals surface area (Å²) in [5, 5.41) is 9.21. The average molecular weight is 281 g/mol. The lowest BCUT2D eigenvalue weighted by atomic mass is 10.3. The number of anilines is 1. The smallest absolute Gasteiger partial charge is 0.277 e. The highest BCUT2D eigenvalue weighted by atomic mass is 79.9. The molecule has 16 heavy (non-hydrogen) atoms. The topological polar surface area (TPSA) is 70.7 Å². The number of rotatable bonds is 2. The number of H-pyrrole nitrogens is 1. The van der Waals surface area contributed by atoms with Gasteiger partial charge in [0, 0.05) is 16.4 Å². The number of hydrogen-bond donors (Lipinski definition) is 2. The van der Waals surface area contributed by atoms with E-state index in [1.165, 1.54) is 0 Å². The largest absolute Gasteiger partial charge is 0.305 e. The number of pyridine rings is 1. The molecule has 0 aliphatic heterocycles. The van der Waals surface area contributed by atoms with Gasteiger partial charge in [-0.3, -0.25) is 9.89 Å². The SMILES string of the molecule is Cc1cc(C(=O)Nc2ccc(Br)cn2)n[nH]1. The second kappa shape index (κ2) is 4.44. The maximum absolute atomic E-state index is 11.7. The van der Waals surface area contributed by atoms with Crippen molar-refractivity contribution in [3.8, 4) is 0 Å². The van der Waals surface area contributed by atoms with Crippen LogP contribution < -0.4 is 5.32 Å².